The monoisotopic (exact) mass is 709 g/mol. The normalized spacial score (nSPS) is 14.9. The largest absolute Gasteiger partial charge is 0.340 e. The summed E-state index contributed by atoms with van der Waals surface area (Å²) in [6.45, 7) is 1.11. The number of nitrogens with zero attached hydrogens (tertiary/aromatic N) is 1. The second kappa shape index (κ2) is 13.0. The molecule has 3 nitrogen and oxygen atoms in total. The van der Waals surface area contributed by atoms with Crippen LogP contribution in [0.2, 0.25) is 0 Å². The van der Waals surface area contributed by atoms with Crippen molar-refractivity contribution in [3.63, 3.8) is 0 Å². The Hall–Kier alpha value is -6.26. The van der Waals surface area contributed by atoms with Crippen LogP contribution in [-0.4, -0.2) is 13.2 Å². The highest BCUT2D eigenvalue weighted by Gasteiger charge is 2.49. The molecule has 8 aromatic carbocycles. The van der Waals surface area contributed by atoms with Gasteiger partial charge in [-0.2, -0.15) is 0 Å². The zero-order valence-electron chi connectivity index (χ0n) is 30.5. The molecule has 0 amide bonds. The molecule has 1 spiro atoms. The number of hydrogen-bond acceptors (Lipinski definition) is 3. The lowest BCUT2D eigenvalue weighted by Gasteiger charge is -2.31. The lowest BCUT2D eigenvalue weighted by Crippen LogP contribution is -2.26. The summed E-state index contributed by atoms with van der Waals surface area (Å²) < 4.78 is 13.3. The second-order valence-electron chi connectivity index (χ2n) is 14.9. The fourth-order valence-corrected chi connectivity index (χ4v) is 9.27. The lowest BCUT2D eigenvalue weighted by molar-refractivity contribution is -0.126. The molecule has 2 aliphatic carbocycles. The van der Waals surface area contributed by atoms with E-state index >= 15 is 0 Å². The summed E-state index contributed by atoms with van der Waals surface area (Å²) in [7, 11) is 0. The van der Waals surface area contributed by atoms with Gasteiger partial charge < -0.3 is 14.4 Å². The summed E-state index contributed by atoms with van der Waals surface area (Å²) in [6, 6.07) is 64.3. The van der Waals surface area contributed by atoms with E-state index in [1.54, 1.807) is 0 Å². The SMILES string of the molecule is c1ccc(-c2ccc(N(c3ccc4cc(-c5ccccc5)ccc4c3)c3cc4c(cc3-c3cccc5c3CCC5)-c3ccccc3C43OCCO3)cc2)cc1. The number of aryl methyl sites for hydroxylation is 1. The number of ether oxygens (including phenoxy) is 2. The molecule has 3 heteroatoms. The van der Waals surface area contributed by atoms with Gasteiger partial charge in [-0.15, -0.1) is 0 Å². The van der Waals surface area contributed by atoms with E-state index in [0.29, 0.717) is 13.2 Å². The minimum atomic E-state index is -0.933. The maximum atomic E-state index is 6.65. The van der Waals surface area contributed by atoms with Crippen LogP contribution in [0, 0.1) is 0 Å². The predicted molar refractivity (Wildman–Crippen MR) is 225 cm³/mol. The van der Waals surface area contributed by atoms with E-state index < -0.39 is 5.79 Å². The number of rotatable bonds is 6. The molecule has 55 heavy (non-hydrogen) atoms. The molecule has 1 saturated heterocycles. The Bertz CT molecular complexity index is 2730. The van der Waals surface area contributed by atoms with Crippen LogP contribution in [0.5, 0.6) is 0 Å². The molecule has 0 radical (unpaired) electrons. The lowest BCUT2D eigenvalue weighted by atomic mass is 9.90. The number of fused-ring (bicyclic) bond motifs is 7. The van der Waals surface area contributed by atoms with E-state index in [-0.39, 0.29) is 0 Å². The fraction of sp³-hybridized carbons (Fsp3) is 0.115. The highest BCUT2D eigenvalue weighted by Crippen LogP contribution is 2.56. The third kappa shape index (κ3) is 5.26. The smallest absolute Gasteiger partial charge is 0.223 e. The summed E-state index contributed by atoms with van der Waals surface area (Å²) in [5.41, 5.74) is 18.1. The van der Waals surface area contributed by atoms with Gasteiger partial charge in [-0.25, -0.2) is 0 Å². The molecule has 1 fully saturated rings. The molecule has 0 aromatic heterocycles. The molecular formula is C52H39NO2. The Morgan fingerprint density at radius 2 is 1.05 bits per heavy atom. The fourth-order valence-electron chi connectivity index (χ4n) is 9.27. The first kappa shape index (κ1) is 32.2. The van der Waals surface area contributed by atoms with Gasteiger partial charge in [0.25, 0.3) is 0 Å². The van der Waals surface area contributed by atoms with Crippen LogP contribution < -0.4 is 4.90 Å². The van der Waals surface area contributed by atoms with Crippen LogP contribution >= 0.6 is 0 Å². The molecule has 0 atom stereocenters. The molecule has 0 saturated carbocycles. The van der Waals surface area contributed by atoms with Crippen LogP contribution in [0.25, 0.3) is 55.3 Å². The molecular weight excluding hydrogens is 671 g/mol. The number of hydrogen-bond donors (Lipinski definition) is 0. The zero-order valence-corrected chi connectivity index (χ0v) is 30.5. The van der Waals surface area contributed by atoms with Gasteiger partial charge >= 0.3 is 0 Å². The molecule has 0 bridgehead atoms. The van der Waals surface area contributed by atoms with Crippen LogP contribution in [0.4, 0.5) is 17.1 Å². The molecule has 8 aromatic rings. The Balaban J connectivity index is 1.16. The maximum absolute atomic E-state index is 6.65. The van der Waals surface area contributed by atoms with E-state index in [1.807, 2.05) is 0 Å². The van der Waals surface area contributed by atoms with Crippen LogP contribution in [0.15, 0.2) is 176 Å². The third-order valence-corrected chi connectivity index (χ3v) is 11.9. The van der Waals surface area contributed by atoms with Gasteiger partial charge in [-0.05, 0) is 123 Å². The number of anilines is 3. The molecule has 1 heterocycles. The van der Waals surface area contributed by atoms with Crippen LogP contribution in [0.1, 0.15) is 28.7 Å². The average molecular weight is 710 g/mol. The minimum absolute atomic E-state index is 0.553. The Labute approximate surface area is 322 Å². The van der Waals surface area contributed by atoms with Crippen molar-refractivity contribution in [2.45, 2.75) is 25.0 Å². The standard InChI is InChI=1S/C52H39NO2/c1-3-11-35(12-4-1)37-23-26-42(27-24-37)53(43-28-25-40-31-39(21-22-41(40)32-43)36-13-5-2-6-14-36)51-34-50-47(33-48(51)45-19-10-16-38-15-9-18-44(38)45)46-17-7-8-20-49(46)52(50)54-29-30-55-52/h1-8,10-14,16-17,19-28,31-34H,9,15,18,29-30H2. The average Bonchev–Trinajstić information content (AvgIpc) is 4.01. The van der Waals surface area contributed by atoms with Crippen molar-refractivity contribution in [1.82, 2.24) is 0 Å². The van der Waals surface area contributed by atoms with Gasteiger partial charge in [0.2, 0.25) is 5.79 Å². The van der Waals surface area contributed by atoms with Gasteiger partial charge in [-0.1, -0.05) is 133 Å². The minimum Gasteiger partial charge on any atom is -0.340 e. The Morgan fingerprint density at radius 3 is 1.85 bits per heavy atom. The second-order valence-corrected chi connectivity index (χ2v) is 14.9. The van der Waals surface area contributed by atoms with Gasteiger partial charge in [0.05, 0.1) is 18.9 Å². The Kier molecular flexibility index (Phi) is 7.58. The van der Waals surface area contributed by atoms with E-state index in [2.05, 4.69) is 181 Å². The summed E-state index contributed by atoms with van der Waals surface area (Å²) in [5.74, 6) is -0.933. The van der Waals surface area contributed by atoms with Crippen molar-refractivity contribution in [3.8, 4) is 44.5 Å². The van der Waals surface area contributed by atoms with E-state index in [0.717, 1.165) is 41.0 Å². The molecule has 11 rings (SSSR count). The van der Waals surface area contributed by atoms with Crippen molar-refractivity contribution < 1.29 is 9.47 Å². The molecule has 264 valence electrons. The summed E-state index contributed by atoms with van der Waals surface area (Å²) >= 11 is 0. The zero-order chi connectivity index (χ0) is 36.3. The molecule has 0 unspecified atom stereocenters. The number of benzene rings is 8. The van der Waals surface area contributed by atoms with Gasteiger partial charge in [-0.3, -0.25) is 0 Å². The van der Waals surface area contributed by atoms with Crippen LogP contribution in [0.3, 0.4) is 0 Å². The summed E-state index contributed by atoms with van der Waals surface area (Å²) in [4.78, 5) is 2.45. The molecule has 0 N–H and O–H groups in total. The van der Waals surface area contributed by atoms with E-state index in [9.17, 15) is 0 Å². The highest BCUT2D eigenvalue weighted by molar-refractivity contribution is 5.98. The van der Waals surface area contributed by atoms with E-state index in [1.165, 1.54) is 72.8 Å². The maximum Gasteiger partial charge on any atom is 0.223 e. The van der Waals surface area contributed by atoms with Crippen molar-refractivity contribution in [2.75, 3.05) is 18.1 Å². The Morgan fingerprint density at radius 1 is 0.418 bits per heavy atom. The van der Waals surface area contributed by atoms with Gasteiger partial charge in [0.15, 0.2) is 0 Å². The first-order valence-corrected chi connectivity index (χ1v) is 19.5. The first-order chi connectivity index (χ1) is 27.2. The van der Waals surface area contributed by atoms with Crippen LogP contribution in [-0.2, 0) is 28.1 Å². The highest BCUT2D eigenvalue weighted by atomic mass is 16.7. The third-order valence-electron chi connectivity index (χ3n) is 11.9. The van der Waals surface area contributed by atoms with Crippen molar-refractivity contribution >= 4 is 27.8 Å². The molecule has 3 aliphatic rings. The predicted octanol–water partition coefficient (Wildman–Crippen LogP) is 13.0. The van der Waals surface area contributed by atoms with Gasteiger partial charge in [0.1, 0.15) is 0 Å². The summed E-state index contributed by atoms with van der Waals surface area (Å²) in [6.07, 6.45) is 3.39. The van der Waals surface area contributed by atoms with Crippen molar-refractivity contribution in [3.05, 3.63) is 198 Å². The first-order valence-electron chi connectivity index (χ1n) is 19.5. The quantitative estimate of drug-likeness (QED) is 0.172. The van der Waals surface area contributed by atoms with E-state index in [4.69, 9.17) is 9.47 Å². The topological polar surface area (TPSA) is 21.7 Å². The van der Waals surface area contributed by atoms with Crippen molar-refractivity contribution in [1.29, 1.82) is 0 Å². The van der Waals surface area contributed by atoms with Crippen molar-refractivity contribution in [2.24, 2.45) is 0 Å². The summed E-state index contributed by atoms with van der Waals surface area (Å²) in [5, 5.41) is 2.40. The van der Waals surface area contributed by atoms with Gasteiger partial charge in [0, 0.05) is 28.1 Å². The molecule has 1 aliphatic heterocycles.